The largest absolute Gasteiger partial charge is 0.433 e. The maximum absolute atomic E-state index is 13.1. The highest BCUT2D eigenvalue weighted by Gasteiger charge is 2.33. The van der Waals surface area contributed by atoms with Gasteiger partial charge in [0, 0.05) is 42.1 Å². The van der Waals surface area contributed by atoms with Gasteiger partial charge in [-0.3, -0.25) is 4.79 Å². The summed E-state index contributed by atoms with van der Waals surface area (Å²) in [4.78, 5) is 21.2. The van der Waals surface area contributed by atoms with E-state index in [1.54, 1.807) is 6.07 Å². The van der Waals surface area contributed by atoms with E-state index in [-0.39, 0.29) is 11.7 Å². The van der Waals surface area contributed by atoms with E-state index >= 15 is 0 Å². The molecule has 2 aromatic heterocycles. The number of aromatic amines is 1. The lowest BCUT2D eigenvalue weighted by Crippen LogP contribution is -2.31. The first-order chi connectivity index (χ1) is 14.4. The molecule has 156 valence electrons. The summed E-state index contributed by atoms with van der Waals surface area (Å²) >= 11 is 0. The van der Waals surface area contributed by atoms with Crippen LogP contribution in [0.1, 0.15) is 30.5 Å². The molecule has 4 rings (SSSR count). The van der Waals surface area contributed by atoms with Crippen molar-refractivity contribution in [3.8, 4) is 0 Å². The predicted octanol–water partition coefficient (Wildman–Crippen LogP) is 5.22. The lowest BCUT2D eigenvalue weighted by molar-refractivity contribution is -0.141. The van der Waals surface area contributed by atoms with Gasteiger partial charge in [-0.2, -0.15) is 13.2 Å². The second-order valence-electron chi connectivity index (χ2n) is 7.26. The number of fused-ring (bicyclic) bond motifs is 1. The predicted molar refractivity (Wildman–Crippen MR) is 111 cm³/mol. The number of carbonyl (C=O) groups is 1. The summed E-state index contributed by atoms with van der Waals surface area (Å²) in [5, 5.41) is 3.80. The van der Waals surface area contributed by atoms with Crippen molar-refractivity contribution in [1.29, 1.82) is 0 Å². The molecule has 3 heterocycles. The molecule has 0 spiro atoms. The molecule has 2 N–H and O–H groups in total. The minimum atomic E-state index is -4.51. The molecule has 0 bridgehead atoms. The number of rotatable bonds is 4. The molecular formula is C22H21F3N4O. The third-order valence-electron chi connectivity index (χ3n) is 5.09. The molecule has 1 saturated heterocycles. The Labute approximate surface area is 171 Å². The van der Waals surface area contributed by atoms with E-state index in [4.69, 9.17) is 0 Å². The Morgan fingerprint density at radius 2 is 1.90 bits per heavy atom. The van der Waals surface area contributed by atoms with Crippen LogP contribution in [0, 0.1) is 0 Å². The summed E-state index contributed by atoms with van der Waals surface area (Å²) in [6.45, 7) is 1.30. The highest BCUT2D eigenvalue weighted by Crippen LogP contribution is 2.32. The highest BCUT2D eigenvalue weighted by molar-refractivity contribution is 6.03. The number of piperidine rings is 1. The van der Waals surface area contributed by atoms with Gasteiger partial charge in [0.25, 0.3) is 0 Å². The molecule has 1 fully saturated rings. The maximum atomic E-state index is 13.1. The number of H-pyrrole nitrogens is 1. The van der Waals surface area contributed by atoms with Crippen LogP contribution in [-0.2, 0) is 11.0 Å². The summed E-state index contributed by atoms with van der Waals surface area (Å²) in [6.07, 6.45) is 2.99. The zero-order chi connectivity index (χ0) is 21.1. The van der Waals surface area contributed by atoms with Gasteiger partial charge in [0.2, 0.25) is 5.91 Å². The molecule has 0 aliphatic carbocycles. The van der Waals surface area contributed by atoms with Gasteiger partial charge < -0.3 is 15.2 Å². The SMILES string of the molecule is O=C(C=Cc1ccc(C(F)(F)F)nc1N1CCCCC1)Nc1ccc2cc[nH]c2c1. The fourth-order valence-electron chi connectivity index (χ4n) is 3.58. The zero-order valence-electron chi connectivity index (χ0n) is 16.2. The minimum absolute atomic E-state index is 0.265. The molecule has 1 aromatic carbocycles. The van der Waals surface area contributed by atoms with Crippen LogP contribution in [0.25, 0.3) is 17.0 Å². The van der Waals surface area contributed by atoms with Crippen LogP contribution in [0.2, 0.25) is 0 Å². The number of amides is 1. The van der Waals surface area contributed by atoms with Gasteiger partial charge in [-0.15, -0.1) is 0 Å². The van der Waals surface area contributed by atoms with E-state index in [1.807, 2.05) is 29.3 Å². The smallest absolute Gasteiger partial charge is 0.361 e. The van der Waals surface area contributed by atoms with Crippen molar-refractivity contribution >= 4 is 34.4 Å². The van der Waals surface area contributed by atoms with E-state index in [1.165, 1.54) is 18.2 Å². The molecule has 8 heteroatoms. The number of aromatic nitrogens is 2. The Bertz CT molecular complexity index is 1080. The van der Waals surface area contributed by atoms with E-state index in [0.717, 1.165) is 36.2 Å². The summed E-state index contributed by atoms with van der Waals surface area (Å²) in [7, 11) is 0. The third-order valence-corrected chi connectivity index (χ3v) is 5.09. The number of anilines is 2. The molecule has 1 amide bonds. The Balaban J connectivity index is 1.55. The summed E-state index contributed by atoms with van der Waals surface area (Å²) in [6, 6.07) is 9.75. The molecule has 30 heavy (non-hydrogen) atoms. The van der Waals surface area contributed by atoms with Crippen LogP contribution in [0.5, 0.6) is 0 Å². The highest BCUT2D eigenvalue weighted by atomic mass is 19.4. The van der Waals surface area contributed by atoms with Gasteiger partial charge in [0.15, 0.2) is 0 Å². The van der Waals surface area contributed by atoms with E-state index in [9.17, 15) is 18.0 Å². The van der Waals surface area contributed by atoms with Crippen molar-refractivity contribution in [2.45, 2.75) is 25.4 Å². The van der Waals surface area contributed by atoms with Crippen molar-refractivity contribution in [2.75, 3.05) is 23.3 Å². The molecule has 0 radical (unpaired) electrons. The summed E-state index contributed by atoms with van der Waals surface area (Å²) < 4.78 is 39.4. The quantitative estimate of drug-likeness (QED) is 0.575. The number of pyridine rings is 1. The number of halogens is 3. The number of alkyl halides is 3. The Kier molecular flexibility index (Phi) is 5.48. The minimum Gasteiger partial charge on any atom is -0.361 e. The van der Waals surface area contributed by atoms with Crippen molar-refractivity contribution in [2.24, 2.45) is 0 Å². The van der Waals surface area contributed by atoms with Gasteiger partial charge in [-0.05, 0) is 61.1 Å². The molecule has 3 aromatic rings. The second kappa shape index (κ2) is 8.22. The number of hydrogen-bond donors (Lipinski definition) is 2. The molecule has 1 aliphatic rings. The van der Waals surface area contributed by atoms with Crippen molar-refractivity contribution < 1.29 is 18.0 Å². The lowest BCUT2D eigenvalue weighted by Gasteiger charge is -2.29. The topological polar surface area (TPSA) is 61.0 Å². The average molecular weight is 414 g/mol. The number of nitrogens with one attached hydrogen (secondary N) is 2. The summed E-state index contributed by atoms with van der Waals surface area (Å²) in [5.74, 6) is -0.105. The van der Waals surface area contributed by atoms with Crippen LogP contribution < -0.4 is 10.2 Å². The average Bonchev–Trinajstić information content (AvgIpc) is 3.20. The van der Waals surface area contributed by atoms with Gasteiger partial charge in [0.1, 0.15) is 11.5 Å². The van der Waals surface area contributed by atoms with Crippen LogP contribution in [-0.4, -0.2) is 29.0 Å². The zero-order valence-corrected chi connectivity index (χ0v) is 16.2. The first kappa shape index (κ1) is 20.0. The molecule has 0 atom stereocenters. The fraction of sp³-hybridized carbons (Fsp3) is 0.273. The Morgan fingerprint density at radius 3 is 2.67 bits per heavy atom. The van der Waals surface area contributed by atoms with Gasteiger partial charge in [0.05, 0.1) is 0 Å². The van der Waals surface area contributed by atoms with E-state index in [0.29, 0.717) is 24.3 Å². The van der Waals surface area contributed by atoms with Crippen LogP contribution in [0.4, 0.5) is 24.7 Å². The normalized spacial score (nSPS) is 15.1. The third kappa shape index (κ3) is 4.48. The monoisotopic (exact) mass is 414 g/mol. The van der Waals surface area contributed by atoms with Crippen LogP contribution in [0.3, 0.4) is 0 Å². The molecular weight excluding hydrogens is 393 g/mol. The standard InChI is InChI=1S/C22H21F3N4O/c23-22(24,25)19-8-5-16(21(28-19)29-12-2-1-3-13-29)6-9-20(30)27-17-7-4-15-10-11-26-18(15)14-17/h4-11,14,26H,1-3,12-13H2,(H,27,30). The fourth-order valence-corrected chi connectivity index (χ4v) is 3.58. The first-order valence-electron chi connectivity index (χ1n) is 9.79. The molecule has 0 unspecified atom stereocenters. The van der Waals surface area contributed by atoms with Crippen molar-refractivity contribution in [3.05, 3.63) is 59.9 Å². The number of benzene rings is 1. The number of nitrogens with zero attached hydrogens (tertiary/aromatic N) is 2. The lowest BCUT2D eigenvalue weighted by atomic mass is 10.1. The van der Waals surface area contributed by atoms with E-state index < -0.39 is 11.9 Å². The van der Waals surface area contributed by atoms with Gasteiger partial charge >= 0.3 is 6.18 Å². The van der Waals surface area contributed by atoms with Crippen molar-refractivity contribution in [3.63, 3.8) is 0 Å². The Morgan fingerprint density at radius 1 is 1.10 bits per heavy atom. The van der Waals surface area contributed by atoms with Gasteiger partial charge in [-0.25, -0.2) is 4.98 Å². The van der Waals surface area contributed by atoms with Crippen LogP contribution in [0.15, 0.2) is 48.7 Å². The maximum Gasteiger partial charge on any atom is 0.433 e. The van der Waals surface area contributed by atoms with Gasteiger partial charge in [-0.1, -0.05) is 6.07 Å². The molecule has 5 nitrogen and oxygen atoms in total. The molecule has 0 saturated carbocycles. The second-order valence-corrected chi connectivity index (χ2v) is 7.26. The Hall–Kier alpha value is -3.29. The summed E-state index contributed by atoms with van der Waals surface area (Å²) in [5.41, 5.74) is 1.08. The van der Waals surface area contributed by atoms with Crippen LogP contribution >= 0.6 is 0 Å². The molecule has 1 aliphatic heterocycles. The number of hydrogen-bond acceptors (Lipinski definition) is 3. The number of carbonyl (C=O) groups excluding carboxylic acids is 1. The first-order valence-corrected chi connectivity index (χ1v) is 9.79. The van der Waals surface area contributed by atoms with Crippen molar-refractivity contribution in [1.82, 2.24) is 9.97 Å². The van der Waals surface area contributed by atoms with E-state index in [2.05, 4.69) is 15.3 Å².